The number of esters is 1. The monoisotopic (exact) mass is 317 g/mol. The van der Waals surface area contributed by atoms with Crippen molar-refractivity contribution < 1.29 is 18.8 Å². The highest BCUT2D eigenvalue weighted by molar-refractivity contribution is 5.78. The SMILES string of the molecule is CCOC(=O)C(Cc1ccccc1)c1ccc([N+](=O)[O-])c(F)c1. The second-order valence-corrected chi connectivity index (χ2v) is 4.96. The van der Waals surface area contributed by atoms with Gasteiger partial charge in [0.05, 0.1) is 17.4 Å². The van der Waals surface area contributed by atoms with E-state index in [2.05, 4.69) is 0 Å². The third kappa shape index (κ3) is 4.12. The van der Waals surface area contributed by atoms with E-state index in [1.165, 1.54) is 6.07 Å². The van der Waals surface area contributed by atoms with Crippen LogP contribution in [0, 0.1) is 15.9 Å². The number of benzene rings is 2. The van der Waals surface area contributed by atoms with Crippen molar-refractivity contribution in [3.05, 3.63) is 75.6 Å². The maximum absolute atomic E-state index is 13.9. The van der Waals surface area contributed by atoms with Crippen LogP contribution in [0.15, 0.2) is 48.5 Å². The van der Waals surface area contributed by atoms with Gasteiger partial charge in [0.15, 0.2) is 0 Å². The number of rotatable bonds is 6. The molecule has 2 aromatic carbocycles. The van der Waals surface area contributed by atoms with E-state index in [4.69, 9.17) is 4.74 Å². The number of nitro groups is 1. The fraction of sp³-hybridized carbons (Fsp3) is 0.235. The lowest BCUT2D eigenvalue weighted by Gasteiger charge is -2.16. The first-order chi connectivity index (χ1) is 11.0. The third-order valence-corrected chi connectivity index (χ3v) is 3.42. The van der Waals surface area contributed by atoms with Crippen molar-refractivity contribution in [3.8, 4) is 0 Å². The van der Waals surface area contributed by atoms with Crippen molar-refractivity contribution in [2.45, 2.75) is 19.3 Å². The minimum atomic E-state index is -0.963. The van der Waals surface area contributed by atoms with Crippen molar-refractivity contribution >= 4 is 11.7 Å². The minimum absolute atomic E-state index is 0.208. The van der Waals surface area contributed by atoms with Crippen LogP contribution in [0.25, 0.3) is 0 Å². The molecule has 0 spiro atoms. The molecule has 5 nitrogen and oxygen atoms in total. The Bertz CT molecular complexity index is 703. The zero-order valence-electron chi connectivity index (χ0n) is 12.6. The largest absolute Gasteiger partial charge is 0.466 e. The van der Waals surface area contributed by atoms with Gasteiger partial charge in [0.1, 0.15) is 0 Å². The Morgan fingerprint density at radius 1 is 1.26 bits per heavy atom. The molecule has 0 saturated carbocycles. The quantitative estimate of drug-likeness (QED) is 0.463. The van der Waals surface area contributed by atoms with Crippen LogP contribution in [-0.2, 0) is 16.0 Å². The molecule has 0 heterocycles. The maximum atomic E-state index is 13.9. The molecule has 0 aliphatic heterocycles. The molecule has 2 aromatic rings. The topological polar surface area (TPSA) is 69.4 Å². The zero-order chi connectivity index (χ0) is 16.8. The van der Waals surface area contributed by atoms with Crippen molar-refractivity contribution in [2.24, 2.45) is 0 Å². The summed E-state index contributed by atoms with van der Waals surface area (Å²) in [5, 5.41) is 10.7. The third-order valence-electron chi connectivity index (χ3n) is 3.42. The average Bonchev–Trinajstić information content (AvgIpc) is 2.53. The predicted octanol–water partition coefficient (Wildman–Crippen LogP) is 3.62. The minimum Gasteiger partial charge on any atom is -0.466 e. The molecule has 120 valence electrons. The first-order valence-corrected chi connectivity index (χ1v) is 7.17. The van der Waals surface area contributed by atoms with Crippen LogP contribution < -0.4 is 0 Å². The molecule has 0 fully saturated rings. The summed E-state index contributed by atoms with van der Waals surface area (Å²) in [5.41, 5.74) is 0.635. The Kier molecular flexibility index (Phi) is 5.41. The van der Waals surface area contributed by atoms with Gasteiger partial charge in [-0.1, -0.05) is 36.4 Å². The summed E-state index contributed by atoms with van der Waals surface area (Å²) in [6, 6.07) is 12.7. The van der Waals surface area contributed by atoms with E-state index in [0.29, 0.717) is 12.0 Å². The summed E-state index contributed by atoms with van der Waals surface area (Å²) < 4.78 is 18.9. The molecule has 1 unspecified atom stereocenters. The second kappa shape index (κ2) is 7.49. The van der Waals surface area contributed by atoms with E-state index in [1.54, 1.807) is 6.92 Å². The van der Waals surface area contributed by atoms with E-state index >= 15 is 0 Å². The number of halogens is 1. The van der Waals surface area contributed by atoms with Gasteiger partial charge in [-0.25, -0.2) is 0 Å². The Labute approximate surface area is 132 Å². The summed E-state index contributed by atoms with van der Waals surface area (Å²) in [6.07, 6.45) is 0.330. The molecule has 0 radical (unpaired) electrons. The summed E-state index contributed by atoms with van der Waals surface area (Å²) in [7, 11) is 0. The standard InChI is InChI=1S/C17H16FNO4/c1-2-23-17(20)14(10-12-6-4-3-5-7-12)13-8-9-16(19(21)22)15(18)11-13/h3-9,11,14H,2,10H2,1H3. The summed E-state index contributed by atoms with van der Waals surface area (Å²) in [4.78, 5) is 22.1. The molecule has 0 amide bonds. The summed E-state index contributed by atoms with van der Waals surface area (Å²) in [6.45, 7) is 1.90. The van der Waals surface area contributed by atoms with Crippen LogP contribution >= 0.6 is 0 Å². The smallest absolute Gasteiger partial charge is 0.313 e. The molecule has 6 heteroatoms. The van der Waals surface area contributed by atoms with Gasteiger partial charge in [-0.15, -0.1) is 0 Å². The van der Waals surface area contributed by atoms with Crippen LogP contribution in [0.2, 0.25) is 0 Å². The number of carbonyl (C=O) groups is 1. The van der Waals surface area contributed by atoms with Gasteiger partial charge < -0.3 is 4.74 Å². The molecule has 23 heavy (non-hydrogen) atoms. The molecule has 1 atom stereocenters. The van der Waals surface area contributed by atoms with Gasteiger partial charge in [0.2, 0.25) is 5.82 Å². The molecule has 2 rings (SSSR count). The Balaban J connectivity index is 2.35. The number of hydrogen-bond acceptors (Lipinski definition) is 4. The van der Waals surface area contributed by atoms with Crippen molar-refractivity contribution in [1.82, 2.24) is 0 Å². The Morgan fingerprint density at radius 2 is 1.96 bits per heavy atom. The van der Waals surface area contributed by atoms with Crippen LogP contribution in [0.4, 0.5) is 10.1 Å². The highest BCUT2D eigenvalue weighted by Gasteiger charge is 2.25. The molecular weight excluding hydrogens is 301 g/mol. The van der Waals surface area contributed by atoms with Crippen LogP contribution in [0.1, 0.15) is 24.0 Å². The molecule has 0 bridgehead atoms. The summed E-state index contributed by atoms with van der Waals surface area (Å²) >= 11 is 0. The zero-order valence-corrected chi connectivity index (χ0v) is 12.6. The summed E-state index contributed by atoms with van der Waals surface area (Å²) in [5.74, 6) is -2.16. The highest BCUT2D eigenvalue weighted by atomic mass is 19.1. The normalized spacial score (nSPS) is 11.7. The van der Waals surface area contributed by atoms with Crippen molar-refractivity contribution in [1.29, 1.82) is 0 Å². The van der Waals surface area contributed by atoms with E-state index in [-0.39, 0.29) is 6.61 Å². The fourth-order valence-corrected chi connectivity index (χ4v) is 2.32. The van der Waals surface area contributed by atoms with E-state index in [1.807, 2.05) is 30.3 Å². The highest BCUT2D eigenvalue weighted by Crippen LogP contribution is 2.27. The van der Waals surface area contributed by atoms with Crippen LogP contribution in [-0.4, -0.2) is 17.5 Å². The van der Waals surface area contributed by atoms with Crippen molar-refractivity contribution in [2.75, 3.05) is 6.61 Å². The number of nitro benzene ring substituents is 1. The van der Waals surface area contributed by atoms with Gasteiger partial charge in [-0.2, -0.15) is 4.39 Å². The van der Waals surface area contributed by atoms with Crippen LogP contribution in [0.3, 0.4) is 0 Å². The number of hydrogen-bond donors (Lipinski definition) is 0. The van der Waals surface area contributed by atoms with Gasteiger partial charge in [-0.3, -0.25) is 14.9 Å². The lowest BCUT2D eigenvalue weighted by atomic mass is 9.91. The predicted molar refractivity (Wildman–Crippen MR) is 82.6 cm³/mol. The second-order valence-electron chi connectivity index (χ2n) is 4.96. The van der Waals surface area contributed by atoms with Gasteiger partial charge in [-0.05, 0) is 30.5 Å². The molecular formula is C17H16FNO4. The van der Waals surface area contributed by atoms with E-state index in [9.17, 15) is 19.3 Å². The first kappa shape index (κ1) is 16.6. The fourth-order valence-electron chi connectivity index (χ4n) is 2.32. The van der Waals surface area contributed by atoms with Gasteiger partial charge in [0.25, 0.3) is 0 Å². The molecule has 0 N–H and O–H groups in total. The Morgan fingerprint density at radius 3 is 2.52 bits per heavy atom. The number of ether oxygens (including phenoxy) is 1. The number of nitrogens with zero attached hydrogens (tertiary/aromatic N) is 1. The first-order valence-electron chi connectivity index (χ1n) is 7.17. The van der Waals surface area contributed by atoms with E-state index in [0.717, 1.165) is 17.7 Å². The van der Waals surface area contributed by atoms with Crippen LogP contribution in [0.5, 0.6) is 0 Å². The molecule has 0 saturated heterocycles. The van der Waals surface area contributed by atoms with Gasteiger partial charge in [0, 0.05) is 6.07 Å². The maximum Gasteiger partial charge on any atom is 0.313 e. The molecule has 0 aromatic heterocycles. The molecule has 0 aliphatic carbocycles. The Hall–Kier alpha value is -2.76. The average molecular weight is 317 g/mol. The lowest BCUT2D eigenvalue weighted by Crippen LogP contribution is -2.18. The number of carbonyl (C=O) groups excluding carboxylic acids is 1. The van der Waals surface area contributed by atoms with Gasteiger partial charge >= 0.3 is 11.7 Å². The lowest BCUT2D eigenvalue weighted by molar-refractivity contribution is -0.387. The van der Waals surface area contributed by atoms with E-state index < -0.39 is 28.3 Å². The van der Waals surface area contributed by atoms with Crippen molar-refractivity contribution in [3.63, 3.8) is 0 Å². The molecule has 0 aliphatic rings.